The molecule has 1 N–H and O–H groups in total. The molecule has 3 rings (SSSR count). The Kier molecular flexibility index (Phi) is 6.52. The fourth-order valence-electron chi connectivity index (χ4n) is 2.30. The first-order valence-electron chi connectivity index (χ1n) is 8.21. The fourth-order valence-corrected chi connectivity index (χ4v) is 3.18. The molecule has 0 aromatic heterocycles. The predicted molar refractivity (Wildman–Crippen MR) is 110 cm³/mol. The second kappa shape index (κ2) is 9.25. The van der Waals surface area contributed by atoms with Crippen LogP contribution in [0.15, 0.2) is 77.7 Å². The van der Waals surface area contributed by atoms with Crippen molar-refractivity contribution in [3.63, 3.8) is 0 Å². The van der Waals surface area contributed by atoms with Crippen LogP contribution in [-0.4, -0.2) is 16.6 Å². The van der Waals surface area contributed by atoms with Gasteiger partial charge in [0, 0.05) is 17.0 Å². The Morgan fingerprint density at radius 3 is 2.32 bits per heavy atom. The summed E-state index contributed by atoms with van der Waals surface area (Å²) < 4.78 is 5.82. The number of nitrogens with zero attached hydrogens (tertiary/aromatic N) is 1. The van der Waals surface area contributed by atoms with Crippen molar-refractivity contribution in [3.8, 4) is 11.5 Å². The number of nitrogens with one attached hydrogen (secondary N) is 1. The molecular formula is C20H15ClN2O4S. The minimum absolute atomic E-state index is 0.0134. The van der Waals surface area contributed by atoms with Crippen LogP contribution in [-0.2, 0) is 4.79 Å². The minimum atomic E-state index is -0.461. The van der Waals surface area contributed by atoms with Crippen LogP contribution in [0, 0.1) is 10.1 Å². The van der Waals surface area contributed by atoms with Crippen molar-refractivity contribution in [2.75, 3.05) is 11.1 Å². The molecular weight excluding hydrogens is 400 g/mol. The number of carbonyl (C=O) groups excluding carboxylic acids is 1. The quantitative estimate of drug-likeness (QED) is 0.301. The lowest BCUT2D eigenvalue weighted by Gasteiger charge is -2.13. The third-order valence-electron chi connectivity index (χ3n) is 3.64. The van der Waals surface area contributed by atoms with Gasteiger partial charge in [-0.1, -0.05) is 35.9 Å². The third kappa shape index (κ3) is 5.25. The van der Waals surface area contributed by atoms with Gasteiger partial charge in [0.1, 0.15) is 5.75 Å². The summed E-state index contributed by atoms with van der Waals surface area (Å²) in [7, 11) is 0. The smallest absolute Gasteiger partial charge is 0.269 e. The van der Waals surface area contributed by atoms with Gasteiger partial charge in [-0.15, -0.1) is 11.8 Å². The molecule has 0 spiro atoms. The standard InChI is InChI=1S/C20H15ClN2O4S/c21-16-5-1-3-7-18(16)27-19-8-4-2-6-17(19)22-20(24)13-28-15-11-9-14(10-12-15)23(25)26/h1-12H,13H2,(H,22,24). The highest BCUT2D eigenvalue weighted by molar-refractivity contribution is 8.00. The van der Waals surface area contributed by atoms with Gasteiger partial charge < -0.3 is 10.1 Å². The Morgan fingerprint density at radius 1 is 1.00 bits per heavy atom. The number of para-hydroxylation sites is 3. The van der Waals surface area contributed by atoms with Crippen molar-refractivity contribution in [3.05, 3.63) is 87.9 Å². The number of amides is 1. The third-order valence-corrected chi connectivity index (χ3v) is 4.96. The molecule has 0 fully saturated rings. The molecule has 0 radical (unpaired) electrons. The number of benzene rings is 3. The van der Waals surface area contributed by atoms with Crippen molar-refractivity contribution in [1.82, 2.24) is 0 Å². The molecule has 0 saturated heterocycles. The van der Waals surface area contributed by atoms with Gasteiger partial charge in [0.2, 0.25) is 5.91 Å². The maximum absolute atomic E-state index is 12.3. The van der Waals surface area contributed by atoms with E-state index in [2.05, 4.69) is 5.32 Å². The van der Waals surface area contributed by atoms with Crippen molar-refractivity contribution in [2.24, 2.45) is 0 Å². The highest BCUT2D eigenvalue weighted by Gasteiger charge is 2.11. The molecule has 0 heterocycles. The summed E-state index contributed by atoms with van der Waals surface area (Å²) in [6, 6.07) is 20.2. The van der Waals surface area contributed by atoms with Gasteiger partial charge in [-0.25, -0.2) is 0 Å². The molecule has 0 aliphatic rings. The average Bonchev–Trinajstić information content (AvgIpc) is 2.70. The van der Waals surface area contributed by atoms with Crippen LogP contribution >= 0.6 is 23.4 Å². The van der Waals surface area contributed by atoms with Crippen molar-refractivity contribution in [2.45, 2.75) is 4.90 Å². The van der Waals surface area contributed by atoms with E-state index in [-0.39, 0.29) is 17.3 Å². The molecule has 0 saturated carbocycles. The average molecular weight is 415 g/mol. The van der Waals surface area contributed by atoms with E-state index in [1.54, 1.807) is 54.6 Å². The van der Waals surface area contributed by atoms with E-state index in [1.807, 2.05) is 6.07 Å². The largest absolute Gasteiger partial charge is 0.454 e. The minimum Gasteiger partial charge on any atom is -0.454 e. The zero-order valence-corrected chi connectivity index (χ0v) is 16.1. The molecule has 8 heteroatoms. The first kappa shape index (κ1) is 19.7. The van der Waals surface area contributed by atoms with Crippen molar-refractivity contribution in [1.29, 1.82) is 0 Å². The van der Waals surface area contributed by atoms with Gasteiger partial charge in [0.05, 0.1) is 21.4 Å². The first-order chi connectivity index (χ1) is 13.5. The zero-order chi connectivity index (χ0) is 19.9. The molecule has 142 valence electrons. The second-order valence-electron chi connectivity index (χ2n) is 5.62. The summed E-state index contributed by atoms with van der Waals surface area (Å²) in [5.41, 5.74) is 0.538. The van der Waals surface area contributed by atoms with E-state index in [0.717, 1.165) is 4.90 Å². The van der Waals surface area contributed by atoms with Gasteiger partial charge in [0.15, 0.2) is 5.75 Å². The molecule has 0 unspecified atom stereocenters. The van der Waals surface area contributed by atoms with Crippen LogP contribution in [0.4, 0.5) is 11.4 Å². The molecule has 28 heavy (non-hydrogen) atoms. The number of anilines is 1. The van der Waals surface area contributed by atoms with E-state index >= 15 is 0 Å². The van der Waals surface area contributed by atoms with Gasteiger partial charge in [-0.2, -0.15) is 0 Å². The monoisotopic (exact) mass is 414 g/mol. The lowest BCUT2D eigenvalue weighted by Crippen LogP contribution is -2.14. The van der Waals surface area contributed by atoms with E-state index in [4.69, 9.17) is 16.3 Å². The van der Waals surface area contributed by atoms with Crippen molar-refractivity contribution >= 4 is 40.6 Å². The topological polar surface area (TPSA) is 81.5 Å². The molecule has 0 atom stereocenters. The van der Waals surface area contributed by atoms with Gasteiger partial charge in [-0.05, 0) is 36.4 Å². The predicted octanol–water partition coefficient (Wildman–Crippen LogP) is 5.77. The molecule has 3 aromatic rings. The number of halogens is 1. The number of nitro benzene ring substituents is 1. The molecule has 1 amide bonds. The Bertz CT molecular complexity index is 996. The molecule has 0 bridgehead atoms. The number of hydrogen-bond acceptors (Lipinski definition) is 5. The molecule has 3 aromatic carbocycles. The summed E-state index contributed by atoms with van der Waals surface area (Å²) in [6.07, 6.45) is 0. The number of nitro groups is 1. The Balaban J connectivity index is 1.62. The SMILES string of the molecule is O=C(CSc1ccc([N+](=O)[O-])cc1)Nc1ccccc1Oc1ccccc1Cl. The van der Waals surface area contributed by atoms with Crippen LogP contribution in [0.5, 0.6) is 11.5 Å². The summed E-state index contributed by atoms with van der Waals surface area (Å²) >= 11 is 7.41. The Hall–Kier alpha value is -3.03. The van der Waals surface area contributed by atoms with Gasteiger partial charge in [-0.3, -0.25) is 14.9 Å². The lowest BCUT2D eigenvalue weighted by molar-refractivity contribution is -0.384. The fraction of sp³-hybridized carbons (Fsp3) is 0.0500. The highest BCUT2D eigenvalue weighted by Crippen LogP contribution is 2.33. The number of carbonyl (C=O) groups is 1. The number of thioether (sulfide) groups is 1. The van der Waals surface area contributed by atoms with Crippen LogP contribution in [0.3, 0.4) is 0 Å². The molecule has 0 aliphatic heterocycles. The van der Waals surface area contributed by atoms with Crippen molar-refractivity contribution < 1.29 is 14.5 Å². The first-order valence-corrected chi connectivity index (χ1v) is 9.58. The summed E-state index contributed by atoms with van der Waals surface area (Å²) in [5.74, 6) is 0.895. The maximum atomic E-state index is 12.3. The highest BCUT2D eigenvalue weighted by atomic mass is 35.5. The number of non-ortho nitro benzene ring substituents is 1. The normalized spacial score (nSPS) is 10.3. The van der Waals surface area contributed by atoms with E-state index < -0.39 is 4.92 Å². The van der Waals surface area contributed by atoms with E-state index in [9.17, 15) is 14.9 Å². The zero-order valence-electron chi connectivity index (χ0n) is 14.5. The lowest BCUT2D eigenvalue weighted by atomic mass is 10.3. The second-order valence-corrected chi connectivity index (χ2v) is 7.07. The summed E-state index contributed by atoms with van der Waals surface area (Å²) in [4.78, 5) is 23.3. The Morgan fingerprint density at radius 2 is 1.64 bits per heavy atom. The van der Waals surface area contributed by atoms with Gasteiger partial charge >= 0.3 is 0 Å². The summed E-state index contributed by atoms with van der Waals surface area (Å²) in [6.45, 7) is 0. The van der Waals surface area contributed by atoms with Crippen LogP contribution < -0.4 is 10.1 Å². The number of ether oxygens (including phenoxy) is 1. The Labute approximate surface area is 170 Å². The number of rotatable bonds is 7. The van der Waals surface area contributed by atoms with Crippen LogP contribution in [0.25, 0.3) is 0 Å². The van der Waals surface area contributed by atoms with E-state index in [0.29, 0.717) is 22.2 Å². The number of hydrogen-bond donors (Lipinski definition) is 1. The molecule has 0 aliphatic carbocycles. The van der Waals surface area contributed by atoms with Gasteiger partial charge in [0.25, 0.3) is 5.69 Å². The van der Waals surface area contributed by atoms with Crippen LogP contribution in [0.2, 0.25) is 5.02 Å². The summed E-state index contributed by atoms with van der Waals surface area (Å²) in [5, 5.41) is 14.0. The maximum Gasteiger partial charge on any atom is 0.269 e. The molecule has 6 nitrogen and oxygen atoms in total. The van der Waals surface area contributed by atoms with E-state index in [1.165, 1.54) is 23.9 Å². The van der Waals surface area contributed by atoms with Crippen LogP contribution in [0.1, 0.15) is 0 Å².